The van der Waals surface area contributed by atoms with Gasteiger partial charge in [-0.15, -0.1) is 0 Å². The summed E-state index contributed by atoms with van der Waals surface area (Å²) in [5.41, 5.74) is 2.50. The average molecular weight is 361 g/mol. The van der Waals surface area contributed by atoms with Crippen molar-refractivity contribution in [1.82, 2.24) is 10.2 Å². The van der Waals surface area contributed by atoms with Crippen LogP contribution in [-0.4, -0.2) is 31.1 Å². The van der Waals surface area contributed by atoms with Gasteiger partial charge in [0.15, 0.2) is 0 Å². The van der Waals surface area contributed by atoms with Crippen LogP contribution >= 0.6 is 15.9 Å². The lowest BCUT2D eigenvalue weighted by atomic mass is 10.2. The van der Waals surface area contributed by atoms with Crippen LogP contribution in [0.5, 0.6) is 5.75 Å². The topological polar surface area (TPSA) is 24.5 Å². The van der Waals surface area contributed by atoms with Gasteiger partial charge in [-0.2, -0.15) is 0 Å². The van der Waals surface area contributed by atoms with Crippen molar-refractivity contribution in [2.75, 3.05) is 26.2 Å². The Kier molecular flexibility index (Phi) is 5.48. The molecule has 1 aliphatic rings. The van der Waals surface area contributed by atoms with Gasteiger partial charge in [0.2, 0.25) is 0 Å². The molecule has 0 spiro atoms. The predicted octanol–water partition coefficient (Wildman–Crippen LogP) is 3.43. The van der Waals surface area contributed by atoms with E-state index in [1.165, 1.54) is 11.1 Å². The monoisotopic (exact) mass is 360 g/mol. The minimum Gasteiger partial charge on any atom is -0.489 e. The van der Waals surface area contributed by atoms with E-state index in [4.69, 9.17) is 4.74 Å². The number of hydrogen-bond donors (Lipinski definition) is 1. The molecule has 1 fully saturated rings. The fourth-order valence-electron chi connectivity index (χ4n) is 2.60. The van der Waals surface area contributed by atoms with Crippen LogP contribution in [0.4, 0.5) is 0 Å². The minimum atomic E-state index is 0.602. The molecular weight excluding hydrogens is 340 g/mol. The summed E-state index contributed by atoms with van der Waals surface area (Å²) in [5.74, 6) is 0.903. The largest absolute Gasteiger partial charge is 0.489 e. The minimum absolute atomic E-state index is 0.602. The first-order valence-corrected chi connectivity index (χ1v) is 8.49. The number of rotatable bonds is 5. The first-order chi connectivity index (χ1) is 10.8. The highest BCUT2D eigenvalue weighted by atomic mass is 79.9. The van der Waals surface area contributed by atoms with E-state index in [0.29, 0.717) is 6.61 Å². The molecule has 0 unspecified atom stereocenters. The SMILES string of the molecule is Brc1cc(OCc2ccccc2)ccc1CN1CCNCC1. The first-order valence-electron chi connectivity index (χ1n) is 7.69. The van der Waals surface area contributed by atoms with Crippen molar-refractivity contribution in [3.8, 4) is 5.75 Å². The Balaban J connectivity index is 1.59. The summed E-state index contributed by atoms with van der Waals surface area (Å²) in [5, 5.41) is 3.38. The number of hydrogen-bond acceptors (Lipinski definition) is 3. The number of halogens is 1. The Morgan fingerprint density at radius 2 is 1.82 bits per heavy atom. The highest BCUT2D eigenvalue weighted by Crippen LogP contribution is 2.25. The van der Waals surface area contributed by atoms with E-state index in [0.717, 1.165) is 42.9 Å². The fraction of sp³-hybridized carbons (Fsp3) is 0.333. The van der Waals surface area contributed by atoms with Crippen molar-refractivity contribution < 1.29 is 4.74 Å². The van der Waals surface area contributed by atoms with Crippen LogP contribution in [0.1, 0.15) is 11.1 Å². The summed E-state index contributed by atoms with van der Waals surface area (Å²) in [6, 6.07) is 16.5. The maximum Gasteiger partial charge on any atom is 0.120 e. The third kappa shape index (κ3) is 4.32. The maximum atomic E-state index is 5.86. The molecule has 1 N–H and O–H groups in total. The second-order valence-electron chi connectivity index (χ2n) is 5.55. The quantitative estimate of drug-likeness (QED) is 0.883. The van der Waals surface area contributed by atoms with Crippen molar-refractivity contribution in [2.24, 2.45) is 0 Å². The molecule has 0 saturated carbocycles. The van der Waals surface area contributed by atoms with Crippen molar-refractivity contribution >= 4 is 15.9 Å². The van der Waals surface area contributed by atoms with Gasteiger partial charge in [-0.25, -0.2) is 0 Å². The van der Waals surface area contributed by atoms with E-state index in [2.05, 4.69) is 56.5 Å². The molecule has 3 rings (SSSR count). The molecule has 2 aromatic carbocycles. The van der Waals surface area contributed by atoms with Gasteiger partial charge >= 0.3 is 0 Å². The molecule has 116 valence electrons. The molecule has 1 saturated heterocycles. The van der Waals surface area contributed by atoms with Crippen molar-refractivity contribution in [1.29, 1.82) is 0 Å². The van der Waals surface area contributed by atoms with Crippen LogP contribution in [0.15, 0.2) is 53.0 Å². The number of nitrogens with zero attached hydrogens (tertiary/aromatic N) is 1. The molecule has 1 aliphatic heterocycles. The van der Waals surface area contributed by atoms with E-state index >= 15 is 0 Å². The lowest BCUT2D eigenvalue weighted by molar-refractivity contribution is 0.232. The second kappa shape index (κ2) is 7.77. The van der Waals surface area contributed by atoms with Gasteiger partial charge in [-0.1, -0.05) is 52.3 Å². The van der Waals surface area contributed by atoms with Crippen LogP contribution in [-0.2, 0) is 13.2 Å². The van der Waals surface area contributed by atoms with Crippen molar-refractivity contribution in [2.45, 2.75) is 13.2 Å². The zero-order valence-electron chi connectivity index (χ0n) is 12.6. The van der Waals surface area contributed by atoms with E-state index in [9.17, 15) is 0 Å². The van der Waals surface area contributed by atoms with Gasteiger partial charge in [0.1, 0.15) is 12.4 Å². The summed E-state index contributed by atoms with van der Waals surface area (Å²) in [7, 11) is 0. The molecule has 2 aromatic rings. The van der Waals surface area contributed by atoms with Crippen LogP contribution in [0.3, 0.4) is 0 Å². The number of ether oxygens (including phenoxy) is 1. The van der Waals surface area contributed by atoms with Crippen LogP contribution in [0.25, 0.3) is 0 Å². The molecule has 1 heterocycles. The highest BCUT2D eigenvalue weighted by Gasteiger charge is 2.12. The maximum absolute atomic E-state index is 5.86. The van der Waals surface area contributed by atoms with E-state index in [1.54, 1.807) is 0 Å². The van der Waals surface area contributed by atoms with Crippen LogP contribution in [0.2, 0.25) is 0 Å². The smallest absolute Gasteiger partial charge is 0.120 e. The van der Waals surface area contributed by atoms with Gasteiger partial charge in [-0.3, -0.25) is 4.90 Å². The molecule has 22 heavy (non-hydrogen) atoms. The zero-order chi connectivity index (χ0) is 15.2. The first kappa shape index (κ1) is 15.5. The van der Waals surface area contributed by atoms with Gasteiger partial charge in [0, 0.05) is 37.2 Å². The third-order valence-corrected chi connectivity index (χ3v) is 4.61. The highest BCUT2D eigenvalue weighted by molar-refractivity contribution is 9.10. The average Bonchev–Trinajstić information content (AvgIpc) is 2.57. The number of nitrogens with one attached hydrogen (secondary N) is 1. The normalized spacial score (nSPS) is 15.7. The summed E-state index contributed by atoms with van der Waals surface area (Å²) < 4.78 is 6.99. The number of piperazine rings is 1. The molecule has 0 amide bonds. The van der Waals surface area contributed by atoms with Gasteiger partial charge < -0.3 is 10.1 Å². The Morgan fingerprint density at radius 3 is 2.55 bits per heavy atom. The standard InChI is InChI=1S/C18H21BrN2O/c19-18-12-17(22-14-15-4-2-1-3-5-15)7-6-16(18)13-21-10-8-20-9-11-21/h1-7,12,20H,8-11,13-14H2. The Morgan fingerprint density at radius 1 is 1.05 bits per heavy atom. The summed E-state index contributed by atoms with van der Waals surface area (Å²) in [6.07, 6.45) is 0. The van der Waals surface area contributed by atoms with E-state index in [-0.39, 0.29) is 0 Å². The van der Waals surface area contributed by atoms with Crippen molar-refractivity contribution in [3.05, 3.63) is 64.1 Å². The number of benzene rings is 2. The molecule has 3 nitrogen and oxygen atoms in total. The van der Waals surface area contributed by atoms with Gasteiger partial charge in [0.25, 0.3) is 0 Å². The van der Waals surface area contributed by atoms with Crippen LogP contribution < -0.4 is 10.1 Å². The van der Waals surface area contributed by atoms with Crippen LogP contribution in [0, 0.1) is 0 Å². The molecule has 4 heteroatoms. The molecule has 0 radical (unpaired) electrons. The van der Waals surface area contributed by atoms with E-state index in [1.807, 2.05) is 18.2 Å². The molecule has 0 bridgehead atoms. The fourth-order valence-corrected chi connectivity index (χ4v) is 3.08. The predicted molar refractivity (Wildman–Crippen MR) is 93.1 cm³/mol. The second-order valence-corrected chi connectivity index (χ2v) is 6.41. The Bertz CT molecular complexity index is 597. The summed E-state index contributed by atoms with van der Waals surface area (Å²) in [4.78, 5) is 2.47. The van der Waals surface area contributed by atoms with Gasteiger partial charge in [-0.05, 0) is 23.3 Å². The molecule has 0 aliphatic carbocycles. The van der Waals surface area contributed by atoms with Crippen molar-refractivity contribution in [3.63, 3.8) is 0 Å². The molecule has 0 atom stereocenters. The summed E-state index contributed by atoms with van der Waals surface area (Å²) >= 11 is 3.68. The third-order valence-electron chi connectivity index (χ3n) is 3.88. The molecular formula is C18H21BrN2O. The Hall–Kier alpha value is -1.36. The summed E-state index contributed by atoms with van der Waals surface area (Å²) in [6.45, 7) is 5.97. The Labute approximate surface area is 140 Å². The molecule has 0 aromatic heterocycles. The zero-order valence-corrected chi connectivity index (χ0v) is 14.2. The van der Waals surface area contributed by atoms with Gasteiger partial charge in [0.05, 0.1) is 0 Å². The lowest BCUT2D eigenvalue weighted by Crippen LogP contribution is -2.42. The lowest BCUT2D eigenvalue weighted by Gasteiger charge is -2.27. The van der Waals surface area contributed by atoms with E-state index < -0.39 is 0 Å².